The van der Waals surface area contributed by atoms with Crippen LogP contribution in [-0.4, -0.2) is 31.3 Å². The number of hydrogen-bond acceptors (Lipinski definition) is 2. The number of hydrogen-bond donors (Lipinski definition) is 0. The highest BCUT2D eigenvalue weighted by molar-refractivity contribution is 4.79. The standard InChI is InChI=1S/C10H19NO/c1-11-7-9-5-3-2-4-6-10(9)12-8-11/h9-10H,2-8H2,1H3/t9-,10-/m1/s1. The minimum atomic E-state index is 0.587. The van der Waals surface area contributed by atoms with E-state index in [1.54, 1.807) is 0 Å². The van der Waals surface area contributed by atoms with Gasteiger partial charge in [-0.3, -0.25) is 4.90 Å². The molecule has 0 amide bonds. The van der Waals surface area contributed by atoms with Gasteiger partial charge in [0.2, 0.25) is 0 Å². The third kappa shape index (κ3) is 1.80. The third-order valence-electron chi connectivity index (χ3n) is 3.14. The van der Waals surface area contributed by atoms with Crippen LogP contribution in [0, 0.1) is 5.92 Å². The van der Waals surface area contributed by atoms with Crippen molar-refractivity contribution in [3.05, 3.63) is 0 Å². The molecule has 2 fully saturated rings. The van der Waals surface area contributed by atoms with Crippen LogP contribution in [0.1, 0.15) is 32.1 Å². The van der Waals surface area contributed by atoms with Crippen molar-refractivity contribution in [3.63, 3.8) is 0 Å². The smallest absolute Gasteiger partial charge is 0.0991 e. The molecule has 1 heterocycles. The van der Waals surface area contributed by atoms with Crippen molar-refractivity contribution < 1.29 is 4.74 Å². The van der Waals surface area contributed by atoms with Gasteiger partial charge in [-0.25, -0.2) is 0 Å². The average molecular weight is 169 g/mol. The molecule has 0 aromatic heterocycles. The Morgan fingerprint density at radius 2 is 2.00 bits per heavy atom. The number of nitrogens with zero attached hydrogens (tertiary/aromatic N) is 1. The van der Waals surface area contributed by atoms with Crippen LogP contribution in [0.15, 0.2) is 0 Å². The second-order valence-corrected chi connectivity index (χ2v) is 4.27. The largest absolute Gasteiger partial charge is 0.363 e. The molecule has 12 heavy (non-hydrogen) atoms. The molecule has 0 N–H and O–H groups in total. The molecule has 2 atom stereocenters. The Labute approximate surface area is 74.9 Å². The van der Waals surface area contributed by atoms with E-state index in [2.05, 4.69) is 11.9 Å². The zero-order valence-electron chi connectivity index (χ0n) is 7.96. The molecule has 0 bridgehead atoms. The van der Waals surface area contributed by atoms with E-state index in [0.717, 1.165) is 12.6 Å². The predicted octanol–water partition coefficient (Wildman–Crippen LogP) is 1.85. The van der Waals surface area contributed by atoms with Crippen LogP contribution in [0.4, 0.5) is 0 Å². The Hall–Kier alpha value is -0.0800. The van der Waals surface area contributed by atoms with Crippen LogP contribution in [-0.2, 0) is 4.74 Å². The van der Waals surface area contributed by atoms with Crippen LogP contribution < -0.4 is 0 Å². The van der Waals surface area contributed by atoms with Crippen molar-refractivity contribution in [1.82, 2.24) is 4.90 Å². The van der Waals surface area contributed by atoms with Gasteiger partial charge in [0.1, 0.15) is 0 Å². The Kier molecular flexibility index (Phi) is 2.66. The molecule has 0 radical (unpaired) electrons. The van der Waals surface area contributed by atoms with E-state index in [0.29, 0.717) is 6.10 Å². The summed E-state index contributed by atoms with van der Waals surface area (Å²) in [6.45, 7) is 2.10. The number of ether oxygens (including phenoxy) is 1. The zero-order chi connectivity index (χ0) is 8.39. The first-order chi connectivity index (χ1) is 5.86. The lowest BCUT2D eigenvalue weighted by atomic mass is 9.96. The molecule has 2 aliphatic rings. The van der Waals surface area contributed by atoms with Crippen LogP contribution >= 0.6 is 0 Å². The molecule has 0 aromatic rings. The molecule has 1 aliphatic heterocycles. The van der Waals surface area contributed by atoms with Gasteiger partial charge in [0.15, 0.2) is 0 Å². The Bertz CT molecular complexity index is 149. The third-order valence-corrected chi connectivity index (χ3v) is 3.14. The minimum absolute atomic E-state index is 0.587. The van der Waals surface area contributed by atoms with Gasteiger partial charge < -0.3 is 4.74 Å². The molecular weight excluding hydrogens is 150 g/mol. The monoisotopic (exact) mass is 169 g/mol. The highest BCUT2D eigenvalue weighted by Gasteiger charge is 2.29. The van der Waals surface area contributed by atoms with Gasteiger partial charge in [-0.1, -0.05) is 19.3 Å². The van der Waals surface area contributed by atoms with Gasteiger partial charge in [0.25, 0.3) is 0 Å². The van der Waals surface area contributed by atoms with Crippen molar-refractivity contribution in [2.75, 3.05) is 20.3 Å². The molecule has 1 saturated heterocycles. The van der Waals surface area contributed by atoms with E-state index >= 15 is 0 Å². The van der Waals surface area contributed by atoms with Crippen molar-refractivity contribution in [2.45, 2.75) is 38.2 Å². The van der Waals surface area contributed by atoms with Crippen molar-refractivity contribution in [1.29, 1.82) is 0 Å². The van der Waals surface area contributed by atoms with Crippen molar-refractivity contribution in [3.8, 4) is 0 Å². The molecule has 2 nitrogen and oxygen atoms in total. The van der Waals surface area contributed by atoms with Gasteiger partial charge in [-0.05, 0) is 25.8 Å². The summed E-state index contributed by atoms with van der Waals surface area (Å²) in [5.74, 6) is 0.825. The summed E-state index contributed by atoms with van der Waals surface area (Å²) in [5.41, 5.74) is 0. The second-order valence-electron chi connectivity index (χ2n) is 4.27. The molecule has 2 rings (SSSR count). The lowest BCUT2D eigenvalue weighted by Gasteiger charge is -2.35. The van der Waals surface area contributed by atoms with Gasteiger partial charge in [-0.15, -0.1) is 0 Å². The zero-order valence-corrected chi connectivity index (χ0v) is 7.96. The summed E-state index contributed by atoms with van der Waals surface area (Å²) in [5, 5.41) is 0. The molecular formula is C10H19NO. The summed E-state index contributed by atoms with van der Waals surface area (Å²) in [7, 11) is 2.15. The first kappa shape index (κ1) is 8.52. The first-order valence-electron chi connectivity index (χ1n) is 5.16. The molecule has 1 saturated carbocycles. The summed E-state index contributed by atoms with van der Waals surface area (Å²) in [6.07, 6.45) is 7.49. The van der Waals surface area contributed by atoms with E-state index in [1.165, 1.54) is 38.6 Å². The van der Waals surface area contributed by atoms with E-state index in [4.69, 9.17) is 4.74 Å². The maximum atomic E-state index is 5.80. The van der Waals surface area contributed by atoms with Crippen LogP contribution in [0.3, 0.4) is 0 Å². The fourth-order valence-electron chi connectivity index (χ4n) is 2.45. The van der Waals surface area contributed by atoms with E-state index in [-0.39, 0.29) is 0 Å². The normalized spacial score (nSPS) is 38.8. The second kappa shape index (κ2) is 3.75. The molecule has 0 aromatic carbocycles. The fraction of sp³-hybridized carbons (Fsp3) is 1.00. The summed E-state index contributed by atoms with van der Waals surface area (Å²) in [4.78, 5) is 2.30. The minimum Gasteiger partial charge on any atom is -0.363 e. The topological polar surface area (TPSA) is 12.5 Å². The first-order valence-corrected chi connectivity index (χ1v) is 5.16. The summed E-state index contributed by atoms with van der Waals surface area (Å²) >= 11 is 0. The van der Waals surface area contributed by atoms with Gasteiger partial charge in [0, 0.05) is 6.54 Å². The quantitative estimate of drug-likeness (QED) is 0.549. The lowest BCUT2D eigenvalue weighted by molar-refractivity contribution is -0.0952. The van der Waals surface area contributed by atoms with Crippen molar-refractivity contribution in [2.24, 2.45) is 5.92 Å². The highest BCUT2D eigenvalue weighted by atomic mass is 16.5. The SMILES string of the molecule is CN1CO[C@@H]2CCCCC[C@@H]2C1. The van der Waals surface area contributed by atoms with Crippen LogP contribution in [0.5, 0.6) is 0 Å². The van der Waals surface area contributed by atoms with E-state index < -0.39 is 0 Å². The fourth-order valence-corrected chi connectivity index (χ4v) is 2.45. The molecule has 0 unspecified atom stereocenters. The van der Waals surface area contributed by atoms with E-state index in [1.807, 2.05) is 0 Å². The summed E-state index contributed by atoms with van der Waals surface area (Å²) in [6, 6.07) is 0. The molecule has 70 valence electrons. The highest BCUT2D eigenvalue weighted by Crippen LogP contribution is 2.28. The summed E-state index contributed by atoms with van der Waals surface area (Å²) < 4.78 is 5.80. The lowest BCUT2D eigenvalue weighted by Crippen LogP contribution is -2.42. The Balaban J connectivity index is 1.94. The van der Waals surface area contributed by atoms with Crippen LogP contribution in [0.25, 0.3) is 0 Å². The van der Waals surface area contributed by atoms with E-state index in [9.17, 15) is 0 Å². The van der Waals surface area contributed by atoms with Crippen LogP contribution in [0.2, 0.25) is 0 Å². The number of rotatable bonds is 0. The number of fused-ring (bicyclic) bond motifs is 1. The van der Waals surface area contributed by atoms with Gasteiger partial charge in [0.05, 0.1) is 12.8 Å². The average Bonchev–Trinajstić information content (AvgIpc) is 2.28. The van der Waals surface area contributed by atoms with Crippen molar-refractivity contribution >= 4 is 0 Å². The maximum absolute atomic E-state index is 5.80. The molecule has 0 spiro atoms. The van der Waals surface area contributed by atoms with Gasteiger partial charge >= 0.3 is 0 Å². The predicted molar refractivity (Wildman–Crippen MR) is 48.9 cm³/mol. The maximum Gasteiger partial charge on any atom is 0.0991 e. The Morgan fingerprint density at radius 3 is 2.92 bits per heavy atom. The molecule has 1 aliphatic carbocycles. The Morgan fingerprint density at radius 1 is 1.17 bits per heavy atom. The van der Waals surface area contributed by atoms with Gasteiger partial charge in [-0.2, -0.15) is 0 Å². The molecule has 2 heteroatoms.